The summed E-state index contributed by atoms with van der Waals surface area (Å²) in [6.45, 7) is 0. The molecule has 0 fully saturated rings. The van der Waals surface area contributed by atoms with Crippen LogP contribution in [0.1, 0.15) is 15.9 Å². The Morgan fingerprint density at radius 2 is 1.70 bits per heavy atom. The predicted molar refractivity (Wildman–Crippen MR) is 75.5 cm³/mol. The van der Waals surface area contributed by atoms with Gasteiger partial charge < -0.3 is 10.2 Å². The number of hydrogen-bond donors (Lipinski definition) is 2. The van der Waals surface area contributed by atoms with Crippen molar-refractivity contribution in [3.05, 3.63) is 65.7 Å². The molecule has 2 rings (SSSR count). The van der Waals surface area contributed by atoms with Gasteiger partial charge in [0.25, 0.3) is 0 Å². The van der Waals surface area contributed by atoms with E-state index in [1.807, 2.05) is 12.1 Å². The van der Waals surface area contributed by atoms with Gasteiger partial charge in [-0.2, -0.15) is 0 Å². The smallest absolute Gasteiger partial charge is 0.335 e. The molecular formula is C16H12O4. The molecule has 2 aromatic carbocycles. The van der Waals surface area contributed by atoms with Crippen LogP contribution in [-0.2, 0) is 4.79 Å². The van der Waals surface area contributed by atoms with E-state index in [1.54, 1.807) is 30.3 Å². The molecule has 20 heavy (non-hydrogen) atoms. The maximum Gasteiger partial charge on any atom is 0.335 e. The Morgan fingerprint density at radius 3 is 2.40 bits per heavy atom. The highest BCUT2D eigenvalue weighted by atomic mass is 16.4. The van der Waals surface area contributed by atoms with E-state index in [9.17, 15) is 9.59 Å². The Balaban J connectivity index is 2.50. The lowest BCUT2D eigenvalue weighted by molar-refractivity contribution is -0.131. The third-order valence-electron chi connectivity index (χ3n) is 2.79. The molecule has 0 saturated heterocycles. The van der Waals surface area contributed by atoms with Crippen LogP contribution >= 0.6 is 0 Å². The average molecular weight is 268 g/mol. The number of carbonyl (C=O) groups is 2. The number of carboxylic acid groups (broad SMARTS) is 2. The summed E-state index contributed by atoms with van der Waals surface area (Å²) in [5.41, 5.74) is 2.43. The van der Waals surface area contributed by atoms with Crippen LogP contribution in [-0.4, -0.2) is 22.2 Å². The molecule has 0 aliphatic carbocycles. The largest absolute Gasteiger partial charge is 0.478 e. The lowest BCUT2D eigenvalue weighted by Gasteiger charge is -2.07. The van der Waals surface area contributed by atoms with E-state index in [0.717, 1.165) is 22.8 Å². The van der Waals surface area contributed by atoms with Crippen molar-refractivity contribution in [1.29, 1.82) is 0 Å². The van der Waals surface area contributed by atoms with E-state index in [2.05, 4.69) is 0 Å². The van der Waals surface area contributed by atoms with Crippen molar-refractivity contribution < 1.29 is 19.8 Å². The summed E-state index contributed by atoms with van der Waals surface area (Å²) in [6.07, 6.45) is 2.55. The van der Waals surface area contributed by atoms with Gasteiger partial charge in [0.1, 0.15) is 0 Å². The zero-order valence-corrected chi connectivity index (χ0v) is 10.5. The number of aliphatic carboxylic acids is 1. The first-order chi connectivity index (χ1) is 9.58. The van der Waals surface area contributed by atoms with E-state index in [4.69, 9.17) is 10.2 Å². The van der Waals surface area contributed by atoms with Gasteiger partial charge in [-0.25, -0.2) is 9.59 Å². The van der Waals surface area contributed by atoms with Gasteiger partial charge in [-0.3, -0.25) is 0 Å². The molecule has 0 spiro atoms. The fraction of sp³-hybridized carbons (Fsp3) is 0. The maximum absolute atomic E-state index is 11.0. The number of hydrogen-bond acceptors (Lipinski definition) is 2. The van der Waals surface area contributed by atoms with Crippen LogP contribution < -0.4 is 0 Å². The van der Waals surface area contributed by atoms with E-state index in [1.165, 1.54) is 12.1 Å². The maximum atomic E-state index is 11.0. The molecule has 0 unspecified atom stereocenters. The lowest BCUT2D eigenvalue weighted by Crippen LogP contribution is -1.96. The Hall–Kier alpha value is -2.88. The minimum absolute atomic E-state index is 0.194. The Bertz CT molecular complexity index is 686. The first-order valence-corrected chi connectivity index (χ1v) is 5.91. The van der Waals surface area contributed by atoms with Crippen LogP contribution in [0.5, 0.6) is 0 Å². The summed E-state index contributed by atoms with van der Waals surface area (Å²) >= 11 is 0. The van der Waals surface area contributed by atoms with Crippen LogP contribution in [0.4, 0.5) is 0 Å². The van der Waals surface area contributed by atoms with E-state index < -0.39 is 11.9 Å². The molecule has 0 amide bonds. The van der Waals surface area contributed by atoms with Gasteiger partial charge in [-0.1, -0.05) is 36.4 Å². The van der Waals surface area contributed by atoms with Crippen molar-refractivity contribution in [1.82, 2.24) is 0 Å². The van der Waals surface area contributed by atoms with Crippen molar-refractivity contribution in [3.63, 3.8) is 0 Å². The predicted octanol–water partition coefficient (Wildman–Crippen LogP) is 3.15. The van der Waals surface area contributed by atoms with Crippen LogP contribution in [0.25, 0.3) is 17.2 Å². The molecule has 2 aromatic rings. The molecule has 0 aliphatic rings. The Morgan fingerprint density at radius 1 is 0.950 bits per heavy atom. The van der Waals surface area contributed by atoms with Crippen LogP contribution in [0, 0.1) is 0 Å². The standard InChI is InChI=1S/C16H12O4/c17-15(18)9-8-11-4-1-2-7-14(11)12-5-3-6-13(10-12)16(19)20/h1-10H,(H,17,18)(H,19,20)/b9-8+. The molecular weight excluding hydrogens is 256 g/mol. The molecule has 100 valence electrons. The second kappa shape index (κ2) is 5.84. The second-order valence-corrected chi connectivity index (χ2v) is 4.14. The Kier molecular flexibility index (Phi) is 3.96. The van der Waals surface area contributed by atoms with Gasteiger partial charge in [0.2, 0.25) is 0 Å². The van der Waals surface area contributed by atoms with Gasteiger partial charge in [0.15, 0.2) is 0 Å². The minimum atomic E-state index is -1.03. The van der Waals surface area contributed by atoms with E-state index >= 15 is 0 Å². The Labute approximate surface area is 115 Å². The van der Waals surface area contributed by atoms with Gasteiger partial charge in [0.05, 0.1) is 5.56 Å². The van der Waals surface area contributed by atoms with Crippen molar-refractivity contribution in [2.45, 2.75) is 0 Å². The molecule has 0 heterocycles. The topological polar surface area (TPSA) is 74.6 Å². The molecule has 4 nitrogen and oxygen atoms in total. The zero-order valence-electron chi connectivity index (χ0n) is 10.5. The zero-order chi connectivity index (χ0) is 14.5. The van der Waals surface area contributed by atoms with E-state index in [0.29, 0.717) is 0 Å². The minimum Gasteiger partial charge on any atom is -0.478 e. The van der Waals surface area contributed by atoms with Crippen LogP contribution in [0.2, 0.25) is 0 Å². The van der Waals surface area contributed by atoms with Crippen LogP contribution in [0.3, 0.4) is 0 Å². The van der Waals surface area contributed by atoms with Gasteiger partial charge in [-0.05, 0) is 34.9 Å². The highest BCUT2D eigenvalue weighted by molar-refractivity contribution is 5.91. The van der Waals surface area contributed by atoms with Crippen molar-refractivity contribution in [2.75, 3.05) is 0 Å². The molecule has 2 N–H and O–H groups in total. The third kappa shape index (κ3) is 3.11. The van der Waals surface area contributed by atoms with E-state index in [-0.39, 0.29) is 5.56 Å². The second-order valence-electron chi connectivity index (χ2n) is 4.14. The van der Waals surface area contributed by atoms with Crippen molar-refractivity contribution in [3.8, 4) is 11.1 Å². The molecule has 4 heteroatoms. The molecule has 0 atom stereocenters. The SMILES string of the molecule is O=C(O)/C=C/c1ccccc1-c1cccc(C(=O)O)c1. The summed E-state index contributed by atoms with van der Waals surface area (Å²) < 4.78 is 0. The number of carboxylic acids is 2. The fourth-order valence-electron chi connectivity index (χ4n) is 1.89. The summed E-state index contributed by atoms with van der Waals surface area (Å²) in [6, 6.07) is 13.8. The average Bonchev–Trinajstić information content (AvgIpc) is 2.45. The molecule has 0 aromatic heterocycles. The number of benzene rings is 2. The quantitative estimate of drug-likeness (QED) is 0.835. The number of rotatable bonds is 4. The molecule has 0 radical (unpaired) electrons. The van der Waals surface area contributed by atoms with Gasteiger partial charge in [-0.15, -0.1) is 0 Å². The summed E-state index contributed by atoms with van der Waals surface area (Å²) in [7, 11) is 0. The van der Waals surface area contributed by atoms with Crippen molar-refractivity contribution >= 4 is 18.0 Å². The van der Waals surface area contributed by atoms with Crippen molar-refractivity contribution in [2.24, 2.45) is 0 Å². The van der Waals surface area contributed by atoms with Gasteiger partial charge >= 0.3 is 11.9 Å². The summed E-state index contributed by atoms with van der Waals surface area (Å²) in [4.78, 5) is 21.6. The fourth-order valence-corrected chi connectivity index (χ4v) is 1.89. The third-order valence-corrected chi connectivity index (χ3v) is 2.79. The number of aromatic carboxylic acids is 1. The summed E-state index contributed by atoms with van der Waals surface area (Å²) in [5.74, 6) is -2.02. The monoisotopic (exact) mass is 268 g/mol. The normalized spacial score (nSPS) is 10.6. The van der Waals surface area contributed by atoms with Gasteiger partial charge in [0, 0.05) is 6.08 Å². The highest BCUT2D eigenvalue weighted by Crippen LogP contribution is 2.25. The van der Waals surface area contributed by atoms with Crippen LogP contribution in [0.15, 0.2) is 54.6 Å². The lowest BCUT2D eigenvalue weighted by atomic mass is 9.98. The highest BCUT2D eigenvalue weighted by Gasteiger charge is 2.07. The first kappa shape index (κ1) is 13.5. The first-order valence-electron chi connectivity index (χ1n) is 5.91. The summed E-state index contributed by atoms with van der Waals surface area (Å²) in [5, 5.41) is 17.7. The molecule has 0 aliphatic heterocycles. The molecule has 0 bridgehead atoms. The molecule has 0 saturated carbocycles.